The van der Waals surface area contributed by atoms with Gasteiger partial charge in [-0.25, -0.2) is 9.59 Å². The first-order chi connectivity index (χ1) is 8.04. The molecule has 0 radical (unpaired) electrons. The summed E-state index contributed by atoms with van der Waals surface area (Å²) < 4.78 is 4.84. The fourth-order valence-electron chi connectivity index (χ4n) is 2.01. The predicted molar refractivity (Wildman–Crippen MR) is 62.7 cm³/mol. The summed E-state index contributed by atoms with van der Waals surface area (Å²) in [5, 5.41) is 8.82. The number of carbonyl (C=O) groups is 2. The zero-order valence-electron chi connectivity index (χ0n) is 10.3. The molecule has 0 saturated carbocycles. The molecule has 0 spiro atoms. The van der Waals surface area contributed by atoms with Crippen molar-refractivity contribution in [2.24, 2.45) is 5.92 Å². The molecule has 1 amide bonds. The van der Waals surface area contributed by atoms with Crippen molar-refractivity contribution in [3.63, 3.8) is 0 Å². The van der Waals surface area contributed by atoms with Crippen LogP contribution in [0.1, 0.15) is 26.7 Å². The summed E-state index contributed by atoms with van der Waals surface area (Å²) in [6.07, 6.45) is 2.20. The first-order valence-corrected chi connectivity index (χ1v) is 5.87. The lowest BCUT2D eigenvalue weighted by Crippen LogP contribution is -2.37. The van der Waals surface area contributed by atoms with Crippen LogP contribution < -0.4 is 0 Å². The van der Waals surface area contributed by atoms with E-state index >= 15 is 0 Å². The Kier molecular flexibility index (Phi) is 5.00. The highest BCUT2D eigenvalue weighted by atomic mass is 16.5. The molecule has 0 atom stereocenters. The smallest absolute Gasteiger partial charge is 0.407 e. The standard InChI is InChI=1S/C12H19NO4/c1-3-17-11(14)8-9(2)10-4-6-13(7-5-10)12(15)16/h8,10H,3-7H2,1-2H3,(H,15,16)/b9-8-. The molecule has 0 unspecified atom stereocenters. The number of esters is 1. The Balaban J connectivity index is 2.48. The number of hydrogen-bond acceptors (Lipinski definition) is 3. The average Bonchev–Trinajstić information content (AvgIpc) is 2.29. The van der Waals surface area contributed by atoms with Gasteiger partial charge >= 0.3 is 12.1 Å². The Morgan fingerprint density at radius 1 is 1.41 bits per heavy atom. The molecule has 5 heteroatoms. The van der Waals surface area contributed by atoms with E-state index in [1.807, 2.05) is 6.92 Å². The number of rotatable bonds is 3. The molecule has 96 valence electrons. The molecular weight excluding hydrogens is 222 g/mol. The molecule has 1 fully saturated rings. The molecule has 1 aliphatic rings. The van der Waals surface area contributed by atoms with Crippen LogP contribution in [0, 0.1) is 5.92 Å². The summed E-state index contributed by atoms with van der Waals surface area (Å²) in [6, 6.07) is 0. The van der Waals surface area contributed by atoms with Gasteiger partial charge in [0.05, 0.1) is 6.61 Å². The highest BCUT2D eigenvalue weighted by Gasteiger charge is 2.23. The number of piperidine rings is 1. The number of amides is 1. The monoisotopic (exact) mass is 241 g/mol. The van der Waals surface area contributed by atoms with E-state index in [9.17, 15) is 9.59 Å². The number of likely N-dealkylation sites (tertiary alicyclic amines) is 1. The fraction of sp³-hybridized carbons (Fsp3) is 0.667. The molecule has 17 heavy (non-hydrogen) atoms. The normalized spacial score (nSPS) is 18.0. The van der Waals surface area contributed by atoms with Crippen molar-refractivity contribution >= 4 is 12.1 Å². The highest BCUT2D eigenvalue weighted by molar-refractivity contribution is 5.82. The van der Waals surface area contributed by atoms with Gasteiger partial charge in [-0.1, -0.05) is 5.57 Å². The molecule has 0 aromatic heterocycles. The minimum Gasteiger partial charge on any atom is -0.465 e. The van der Waals surface area contributed by atoms with E-state index in [0.29, 0.717) is 19.7 Å². The Morgan fingerprint density at radius 2 is 2.00 bits per heavy atom. The fourth-order valence-corrected chi connectivity index (χ4v) is 2.01. The Labute approximate surface area is 101 Å². The largest absolute Gasteiger partial charge is 0.465 e. The Hall–Kier alpha value is -1.52. The van der Waals surface area contributed by atoms with Crippen molar-refractivity contribution in [2.45, 2.75) is 26.7 Å². The second-order valence-corrected chi connectivity index (χ2v) is 4.18. The van der Waals surface area contributed by atoms with E-state index in [0.717, 1.165) is 18.4 Å². The molecule has 1 heterocycles. The van der Waals surface area contributed by atoms with Gasteiger partial charge in [-0.3, -0.25) is 0 Å². The van der Waals surface area contributed by atoms with Crippen LogP contribution in [0.15, 0.2) is 11.6 Å². The van der Waals surface area contributed by atoms with Gasteiger partial charge in [0.2, 0.25) is 0 Å². The third-order valence-corrected chi connectivity index (χ3v) is 3.04. The second kappa shape index (κ2) is 6.27. The summed E-state index contributed by atoms with van der Waals surface area (Å²) in [4.78, 5) is 23.4. The molecule has 1 saturated heterocycles. The first-order valence-electron chi connectivity index (χ1n) is 5.87. The molecule has 0 aliphatic carbocycles. The first kappa shape index (κ1) is 13.5. The van der Waals surface area contributed by atoms with Crippen LogP contribution >= 0.6 is 0 Å². The lowest BCUT2D eigenvalue weighted by Gasteiger charge is -2.30. The van der Waals surface area contributed by atoms with Crippen LogP contribution in [0.3, 0.4) is 0 Å². The van der Waals surface area contributed by atoms with Crippen LogP contribution in [-0.4, -0.2) is 41.8 Å². The number of hydrogen-bond donors (Lipinski definition) is 1. The van der Waals surface area contributed by atoms with E-state index in [1.54, 1.807) is 6.92 Å². The van der Waals surface area contributed by atoms with Gasteiger partial charge < -0.3 is 14.7 Å². The molecule has 0 aromatic rings. The number of ether oxygens (including phenoxy) is 1. The average molecular weight is 241 g/mol. The third kappa shape index (κ3) is 4.09. The minimum absolute atomic E-state index is 0.287. The number of allylic oxidation sites excluding steroid dienone is 1. The van der Waals surface area contributed by atoms with Gasteiger partial charge in [-0.05, 0) is 32.6 Å². The summed E-state index contributed by atoms with van der Waals surface area (Å²) in [7, 11) is 0. The summed E-state index contributed by atoms with van der Waals surface area (Å²) >= 11 is 0. The minimum atomic E-state index is -0.865. The zero-order chi connectivity index (χ0) is 12.8. The van der Waals surface area contributed by atoms with E-state index < -0.39 is 6.09 Å². The van der Waals surface area contributed by atoms with Crippen molar-refractivity contribution in [1.29, 1.82) is 0 Å². The lowest BCUT2D eigenvalue weighted by atomic mass is 9.90. The van der Waals surface area contributed by atoms with Crippen LogP contribution in [0.4, 0.5) is 4.79 Å². The van der Waals surface area contributed by atoms with E-state index in [1.165, 1.54) is 11.0 Å². The quantitative estimate of drug-likeness (QED) is 0.605. The van der Waals surface area contributed by atoms with E-state index in [4.69, 9.17) is 9.84 Å². The van der Waals surface area contributed by atoms with E-state index in [2.05, 4.69) is 0 Å². The van der Waals surface area contributed by atoms with Crippen molar-refractivity contribution in [3.05, 3.63) is 11.6 Å². The topological polar surface area (TPSA) is 66.8 Å². The second-order valence-electron chi connectivity index (χ2n) is 4.18. The van der Waals surface area contributed by atoms with Gasteiger partial charge in [0.15, 0.2) is 0 Å². The van der Waals surface area contributed by atoms with Gasteiger partial charge in [-0.15, -0.1) is 0 Å². The van der Waals surface area contributed by atoms with Gasteiger partial charge in [-0.2, -0.15) is 0 Å². The molecular formula is C12H19NO4. The number of carbonyl (C=O) groups excluding carboxylic acids is 1. The third-order valence-electron chi connectivity index (χ3n) is 3.04. The van der Waals surface area contributed by atoms with Gasteiger partial charge in [0.1, 0.15) is 0 Å². The Bertz CT molecular complexity index is 316. The number of nitrogens with zero attached hydrogens (tertiary/aromatic N) is 1. The molecule has 1 rings (SSSR count). The van der Waals surface area contributed by atoms with Crippen LogP contribution in [0.25, 0.3) is 0 Å². The summed E-state index contributed by atoms with van der Waals surface area (Å²) in [6.45, 7) is 5.12. The molecule has 0 aromatic carbocycles. The molecule has 1 N–H and O–H groups in total. The summed E-state index contributed by atoms with van der Waals surface area (Å²) in [5.41, 5.74) is 0.980. The maximum Gasteiger partial charge on any atom is 0.407 e. The van der Waals surface area contributed by atoms with Crippen molar-refractivity contribution in [1.82, 2.24) is 4.90 Å². The van der Waals surface area contributed by atoms with Gasteiger partial charge in [0.25, 0.3) is 0 Å². The molecule has 5 nitrogen and oxygen atoms in total. The summed E-state index contributed by atoms with van der Waals surface area (Å²) in [5.74, 6) is -0.0272. The SMILES string of the molecule is CCOC(=O)/C=C(/C)C1CCN(C(=O)O)CC1. The molecule has 1 aliphatic heterocycles. The van der Waals surface area contributed by atoms with E-state index in [-0.39, 0.29) is 11.9 Å². The zero-order valence-corrected chi connectivity index (χ0v) is 10.3. The highest BCUT2D eigenvalue weighted by Crippen LogP contribution is 2.24. The lowest BCUT2D eigenvalue weighted by molar-refractivity contribution is -0.137. The van der Waals surface area contributed by atoms with Crippen molar-refractivity contribution in [3.8, 4) is 0 Å². The maximum absolute atomic E-state index is 11.3. The van der Waals surface area contributed by atoms with Crippen molar-refractivity contribution < 1.29 is 19.4 Å². The number of carboxylic acid groups (broad SMARTS) is 1. The van der Waals surface area contributed by atoms with Crippen LogP contribution in [0.2, 0.25) is 0 Å². The van der Waals surface area contributed by atoms with Crippen LogP contribution in [-0.2, 0) is 9.53 Å². The van der Waals surface area contributed by atoms with Crippen molar-refractivity contribution in [2.75, 3.05) is 19.7 Å². The maximum atomic E-state index is 11.3. The predicted octanol–water partition coefficient (Wildman–Crippen LogP) is 1.89. The van der Waals surface area contributed by atoms with Gasteiger partial charge in [0, 0.05) is 19.2 Å². The molecule has 0 bridgehead atoms. The van der Waals surface area contributed by atoms with Crippen LogP contribution in [0.5, 0.6) is 0 Å². The Morgan fingerprint density at radius 3 is 2.47 bits per heavy atom.